The lowest BCUT2D eigenvalue weighted by Crippen LogP contribution is -2.31. The molecule has 94 valence electrons. The monoisotopic (exact) mass is 237 g/mol. The summed E-state index contributed by atoms with van der Waals surface area (Å²) in [5.41, 5.74) is 0.183. The second kappa shape index (κ2) is 5.61. The predicted octanol–water partition coefficient (Wildman–Crippen LogP) is 2.25. The fourth-order valence-corrected chi connectivity index (χ4v) is 1.64. The number of carbonyl (C=O) groups is 1. The third kappa shape index (κ3) is 4.01. The number of ether oxygens (including phenoxy) is 1. The van der Waals surface area contributed by atoms with E-state index >= 15 is 0 Å². The van der Waals surface area contributed by atoms with Gasteiger partial charge in [0.1, 0.15) is 5.82 Å². The van der Waals surface area contributed by atoms with E-state index in [2.05, 4.69) is 40.8 Å². The Bertz CT molecular complexity index is 374. The van der Waals surface area contributed by atoms with Crippen molar-refractivity contribution in [2.24, 2.45) is 0 Å². The highest BCUT2D eigenvalue weighted by Gasteiger charge is 2.17. The molecule has 0 atom stereocenters. The van der Waals surface area contributed by atoms with E-state index in [1.165, 1.54) is 13.3 Å². The Hall–Kier alpha value is -1.65. The van der Waals surface area contributed by atoms with Gasteiger partial charge >= 0.3 is 5.97 Å². The number of rotatable bonds is 5. The summed E-state index contributed by atoms with van der Waals surface area (Å²) in [4.78, 5) is 19.3. The molecule has 0 spiro atoms. The highest BCUT2D eigenvalue weighted by molar-refractivity contribution is 5.86. The van der Waals surface area contributed by atoms with Crippen molar-refractivity contribution in [1.82, 2.24) is 9.97 Å². The Labute approximate surface area is 102 Å². The lowest BCUT2D eigenvalue weighted by atomic mass is 9.99. The first-order chi connectivity index (χ1) is 7.98. The Balaban J connectivity index is 2.71. The maximum Gasteiger partial charge on any atom is 0.358 e. The summed E-state index contributed by atoms with van der Waals surface area (Å²) in [7, 11) is 1.32. The number of aromatic nitrogens is 2. The van der Waals surface area contributed by atoms with E-state index in [0.717, 1.165) is 12.8 Å². The van der Waals surface area contributed by atoms with E-state index in [9.17, 15) is 4.79 Å². The lowest BCUT2D eigenvalue weighted by molar-refractivity contribution is 0.0593. The molecule has 0 aliphatic heterocycles. The van der Waals surface area contributed by atoms with Gasteiger partial charge in [-0.2, -0.15) is 0 Å². The topological polar surface area (TPSA) is 64.1 Å². The molecule has 17 heavy (non-hydrogen) atoms. The Morgan fingerprint density at radius 2 is 2.12 bits per heavy atom. The van der Waals surface area contributed by atoms with E-state index in [1.807, 2.05) is 0 Å². The number of hydrogen-bond donors (Lipinski definition) is 1. The summed E-state index contributed by atoms with van der Waals surface area (Å²) in [6.07, 6.45) is 5.08. The third-order valence-electron chi connectivity index (χ3n) is 2.39. The Kier molecular flexibility index (Phi) is 4.43. The van der Waals surface area contributed by atoms with Crippen molar-refractivity contribution in [3.8, 4) is 0 Å². The predicted molar refractivity (Wildman–Crippen MR) is 66.0 cm³/mol. The Morgan fingerprint density at radius 3 is 2.59 bits per heavy atom. The molecule has 1 aromatic rings. The van der Waals surface area contributed by atoms with Crippen molar-refractivity contribution in [3.05, 3.63) is 18.1 Å². The van der Waals surface area contributed by atoms with E-state index in [-0.39, 0.29) is 11.2 Å². The summed E-state index contributed by atoms with van der Waals surface area (Å²) in [5.74, 6) is 0.188. The number of hydrogen-bond acceptors (Lipinski definition) is 5. The van der Waals surface area contributed by atoms with Crippen molar-refractivity contribution < 1.29 is 9.53 Å². The molecule has 0 aromatic carbocycles. The largest absolute Gasteiger partial charge is 0.464 e. The summed E-state index contributed by atoms with van der Waals surface area (Å²) in [6, 6.07) is 0. The summed E-state index contributed by atoms with van der Waals surface area (Å²) >= 11 is 0. The molecule has 0 fully saturated rings. The van der Waals surface area contributed by atoms with Crippen molar-refractivity contribution in [1.29, 1.82) is 0 Å². The van der Waals surface area contributed by atoms with Crippen molar-refractivity contribution in [2.75, 3.05) is 12.4 Å². The zero-order valence-corrected chi connectivity index (χ0v) is 10.8. The second-order valence-corrected chi connectivity index (χ2v) is 4.54. The van der Waals surface area contributed by atoms with Crippen LogP contribution in [0.15, 0.2) is 12.4 Å². The SMILES string of the molecule is CCCC(C)(C)Nc1cnc(C(=O)OC)cn1. The number of nitrogens with zero attached hydrogens (tertiary/aromatic N) is 2. The summed E-state index contributed by atoms with van der Waals surface area (Å²) in [6.45, 7) is 6.34. The van der Waals surface area contributed by atoms with Crippen LogP contribution >= 0.6 is 0 Å². The molecule has 1 rings (SSSR count). The van der Waals surface area contributed by atoms with Gasteiger partial charge in [0, 0.05) is 5.54 Å². The first-order valence-corrected chi connectivity index (χ1v) is 5.67. The van der Waals surface area contributed by atoms with Crippen molar-refractivity contribution in [3.63, 3.8) is 0 Å². The van der Waals surface area contributed by atoms with Crippen LogP contribution in [0.1, 0.15) is 44.1 Å². The van der Waals surface area contributed by atoms with Gasteiger partial charge in [0.15, 0.2) is 5.69 Å². The molecular weight excluding hydrogens is 218 g/mol. The minimum atomic E-state index is -0.475. The van der Waals surface area contributed by atoms with Crippen LogP contribution in [0.3, 0.4) is 0 Å². The standard InChI is InChI=1S/C12H19N3O2/c1-5-6-12(2,3)15-10-8-13-9(7-14-10)11(16)17-4/h7-8H,5-6H2,1-4H3,(H,14,15). The maximum atomic E-state index is 11.2. The van der Waals surface area contributed by atoms with E-state index in [4.69, 9.17) is 0 Å². The number of methoxy groups -OCH3 is 1. The molecule has 5 nitrogen and oxygen atoms in total. The van der Waals surface area contributed by atoms with Gasteiger partial charge in [-0.05, 0) is 20.3 Å². The molecule has 1 aromatic heterocycles. The second-order valence-electron chi connectivity index (χ2n) is 4.54. The van der Waals surface area contributed by atoms with Crippen LogP contribution in [0.25, 0.3) is 0 Å². The highest BCUT2D eigenvalue weighted by atomic mass is 16.5. The van der Waals surface area contributed by atoms with Crippen LogP contribution in [0.2, 0.25) is 0 Å². The normalized spacial score (nSPS) is 11.1. The fourth-order valence-electron chi connectivity index (χ4n) is 1.64. The minimum absolute atomic E-state index is 0.0315. The quantitative estimate of drug-likeness (QED) is 0.796. The van der Waals surface area contributed by atoms with Crippen LogP contribution < -0.4 is 5.32 Å². The van der Waals surface area contributed by atoms with Crippen molar-refractivity contribution >= 4 is 11.8 Å². The molecule has 0 unspecified atom stereocenters. The van der Waals surface area contributed by atoms with E-state index in [1.54, 1.807) is 6.20 Å². The molecule has 1 N–H and O–H groups in total. The first-order valence-electron chi connectivity index (χ1n) is 5.67. The smallest absolute Gasteiger partial charge is 0.358 e. The number of esters is 1. The number of anilines is 1. The molecule has 5 heteroatoms. The molecule has 1 heterocycles. The summed E-state index contributed by atoms with van der Waals surface area (Å²) in [5, 5.41) is 3.28. The Morgan fingerprint density at radius 1 is 1.41 bits per heavy atom. The molecule has 0 saturated heterocycles. The van der Waals surface area contributed by atoms with Gasteiger partial charge in [0.05, 0.1) is 19.5 Å². The molecule has 0 saturated carbocycles. The van der Waals surface area contributed by atoms with Gasteiger partial charge in [0.25, 0.3) is 0 Å². The summed E-state index contributed by atoms with van der Waals surface area (Å²) < 4.78 is 4.55. The number of carbonyl (C=O) groups excluding carboxylic acids is 1. The molecular formula is C12H19N3O2. The van der Waals surface area contributed by atoms with Crippen LogP contribution in [0.4, 0.5) is 5.82 Å². The average molecular weight is 237 g/mol. The molecule has 0 bridgehead atoms. The zero-order valence-electron chi connectivity index (χ0n) is 10.8. The van der Waals surface area contributed by atoms with Gasteiger partial charge in [0.2, 0.25) is 0 Å². The minimum Gasteiger partial charge on any atom is -0.464 e. The molecule has 0 aliphatic carbocycles. The van der Waals surface area contributed by atoms with Crippen LogP contribution in [0, 0.1) is 0 Å². The molecule has 0 amide bonds. The van der Waals surface area contributed by atoms with Gasteiger partial charge in [-0.25, -0.2) is 14.8 Å². The zero-order chi connectivity index (χ0) is 12.9. The highest BCUT2D eigenvalue weighted by Crippen LogP contribution is 2.17. The van der Waals surface area contributed by atoms with Crippen LogP contribution in [-0.4, -0.2) is 28.6 Å². The van der Waals surface area contributed by atoms with Gasteiger partial charge in [-0.1, -0.05) is 13.3 Å². The number of nitrogens with one attached hydrogen (secondary N) is 1. The van der Waals surface area contributed by atoms with E-state index < -0.39 is 5.97 Å². The van der Waals surface area contributed by atoms with Gasteiger partial charge < -0.3 is 10.1 Å². The third-order valence-corrected chi connectivity index (χ3v) is 2.39. The van der Waals surface area contributed by atoms with Crippen molar-refractivity contribution in [2.45, 2.75) is 39.2 Å². The maximum absolute atomic E-state index is 11.2. The van der Waals surface area contributed by atoms with Crippen LogP contribution in [0.5, 0.6) is 0 Å². The molecule has 0 aliphatic rings. The van der Waals surface area contributed by atoms with Gasteiger partial charge in [-0.15, -0.1) is 0 Å². The average Bonchev–Trinajstić information content (AvgIpc) is 2.28. The molecule has 0 radical (unpaired) electrons. The van der Waals surface area contributed by atoms with Crippen LogP contribution in [-0.2, 0) is 4.74 Å². The van der Waals surface area contributed by atoms with E-state index in [0.29, 0.717) is 5.82 Å². The fraction of sp³-hybridized carbons (Fsp3) is 0.583. The van der Waals surface area contributed by atoms with Gasteiger partial charge in [-0.3, -0.25) is 0 Å². The first kappa shape index (κ1) is 13.4. The lowest BCUT2D eigenvalue weighted by Gasteiger charge is -2.26.